The second kappa shape index (κ2) is 40.5. The highest BCUT2D eigenvalue weighted by molar-refractivity contribution is 5.83. The minimum Gasteiger partial charge on any atom is -0.322 e. The van der Waals surface area contributed by atoms with Crippen molar-refractivity contribution in [1.82, 2.24) is 59.4 Å². The van der Waals surface area contributed by atoms with E-state index in [0.717, 1.165) is 156 Å². The van der Waals surface area contributed by atoms with E-state index in [4.69, 9.17) is 0 Å². The molecule has 1 saturated carbocycles. The molecule has 0 spiro atoms. The Hall–Kier alpha value is -16.2. The first-order valence-corrected chi connectivity index (χ1v) is 45.9. The smallest absolute Gasteiger partial charge is 0.322 e. The number of nitrogens with zero attached hydrogens (tertiary/aromatic N) is 15. The highest BCUT2D eigenvalue weighted by Crippen LogP contribution is 2.47. The number of H-pyrrole nitrogens is 5. The monoisotopic (exact) mass is 1810 g/mol. The lowest BCUT2D eigenvalue weighted by Crippen LogP contribution is -2.42. The molecule has 27 heteroatoms. The summed E-state index contributed by atoms with van der Waals surface area (Å²) in [6, 6.07) is 73.3. The molecule has 10 heterocycles. The number of halogens is 1. The summed E-state index contributed by atoms with van der Waals surface area (Å²) in [5.41, 5.74) is 23.1. The van der Waals surface area contributed by atoms with Crippen molar-refractivity contribution in [3.63, 3.8) is 0 Å². The Balaban J connectivity index is 0.000000118. The van der Waals surface area contributed by atoms with Gasteiger partial charge in [-0.3, -0.25) is 29.0 Å². The number of para-hydroxylation sites is 2. The molecule has 26 nitrogen and oxygen atoms in total. The van der Waals surface area contributed by atoms with E-state index in [1.807, 2.05) is 103 Å². The molecule has 136 heavy (non-hydrogen) atoms. The van der Waals surface area contributed by atoms with Crippen molar-refractivity contribution >= 4 is 106 Å². The summed E-state index contributed by atoms with van der Waals surface area (Å²) in [5.74, 6) is 3.08. The van der Waals surface area contributed by atoms with Gasteiger partial charge in [0.15, 0.2) is 56.2 Å². The number of nitrogens with one attached hydrogen (secondary N) is 5. The summed E-state index contributed by atoms with van der Waals surface area (Å²) in [4.78, 5) is 140. The normalized spacial score (nSPS) is 12.6. The average Bonchev–Trinajstić information content (AvgIpc) is 1.70. The van der Waals surface area contributed by atoms with Gasteiger partial charge in [0.2, 0.25) is 0 Å². The average molecular weight is 1810 g/mol. The quantitative estimate of drug-likeness (QED) is 0.0417. The third-order valence-corrected chi connectivity index (χ3v) is 24.9. The number of aryl methyl sites for hydroxylation is 13. The Bertz CT molecular complexity index is 8130. The largest absolute Gasteiger partial charge is 0.349 e. The van der Waals surface area contributed by atoms with Crippen LogP contribution in [0.1, 0.15) is 123 Å². The molecule has 5 N–H and O–H groups in total. The summed E-state index contributed by atoms with van der Waals surface area (Å²) < 4.78 is 15.7. The summed E-state index contributed by atoms with van der Waals surface area (Å²) in [6.07, 6.45) is 11.5. The molecule has 21 rings (SSSR count). The standard InChI is InChI=1S/C24H24N4O.C22H21FN4O2.C22H22N4O.C21H20N4O.C20H18N4O/c1-15-13-20-21(14-19(15)18-10-11-18)28(12-6-9-17-7-4-3-5-8-17)23-22(27-20)24(29)26-16(2)25-23;1-12-6-7-15(11-16(12)23)5-4-8-27-18-10-14(3)13(2)9-17(18)24-19-20(27)25-22(29)26-21(19)28;1-14-12-18-19(13-15(14)2)26(11-7-10-17-8-5-4-6-9-17)21-20(25-18)22(27)24-16(3)23-21;1-14-10-11-17-18(13-14)25(12-6-9-16-7-4-3-5-8-16)20-19(24-17)21(26)23-15(2)22-20;1-14-21-19-18(20(25)22-14)23-16-11-5-6-12-17(16)24(19)13-7-10-15-8-3-2-4-9-15/h3-5,7-8,13-14,18H,2,6,9-12H2,1H3,(H,26,29);6-7,9-11H,4-5,8H2,1-3H3,(H,26,28,29);4-6,8-9,12-13H,3,7,10-11H2,1-2H3,(H,24,27);3-5,7-8,10-11,13H,2,6,9,12H2,1H3,(H,23,26);2-6,8-9,11-12H,1,7,10,13H2,(H,22,25). The molecule has 6 aliphatic heterocycles. The van der Waals surface area contributed by atoms with Gasteiger partial charge in [-0.25, -0.2) is 54.1 Å². The van der Waals surface area contributed by atoms with Crippen LogP contribution in [0.25, 0.3) is 48.9 Å². The second-order valence-corrected chi connectivity index (χ2v) is 34.9. The zero-order chi connectivity index (χ0) is 95.0. The van der Waals surface area contributed by atoms with E-state index in [-0.39, 0.29) is 39.6 Å². The Kier molecular flexibility index (Phi) is 27.3. The Labute approximate surface area is 782 Å². The number of benzene rings is 10. The minimum atomic E-state index is -0.693. The molecular formula is C109H105FN20O6. The van der Waals surface area contributed by atoms with Crippen LogP contribution < -0.4 is 96.4 Å². The molecule has 0 amide bonds. The summed E-state index contributed by atoms with van der Waals surface area (Å²) in [6.45, 7) is 32.8. The lowest BCUT2D eigenvalue weighted by Gasteiger charge is -2.29. The predicted molar refractivity (Wildman–Crippen MR) is 537 cm³/mol. The third-order valence-electron chi connectivity index (χ3n) is 24.9. The number of anilines is 8. The molecule has 14 aromatic rings. The number of fused-ring (bicyclic) bond motifs is 10. The highest BCUT2D eigenvalue weighted by Gasteiger charge is 2.32. The van der Waals surface area contributed by atoms with Crippen molar-refractivity contribution < 1.29 is 4.39 Å². The molecule has 0 saturated heterocycles. The predicted octanol–water partition coefficient (Wildman–Crippen LogP) is 14.3. The third kappa shape index (κ3) is 20.8. The first-order valence-electron chi connectivity index (χ1n) is 45.9. The van der Waals surface area contributed by atoms with Gasteiger partial charge >= 0.3 is 5.69 Å². The maximum absolute atomic E-state index is 13.8. The lowest BCUT2D eigenvalue weighted by molar-refractivity contribution is 0.610. The van der Waals surface area contributed by atoms with Gasteiger partial charge in [0.1, 0.15) is 27.7 Å². The fraction of sp³-hybridized carbons (Fsp3) is 0.229. The van der Waals surface area contributed by atoms with Crippen molar-refractivity contribution in [1.29, 1.82) is 0 Å². The zero-order valence-electron chi connectivity index (χ0n) is 77.2. The first-order chi connectivity index (χ1) is 65.8. The van der Waals surface area contributed by atoms with Crippen LogP contribution in [0.2, 0.25) is 0 Å². The van der Waals surface area contributed by atoms with E-state index < -0.39 is 11.2 Å². The van der Waals surface area contributed by atoms with Crippen molar-refractivity contribution in [3.05, 3.63) is 402 Å². The summed E-state index contributed by atoms with van der Waals surface area (Å²) in [7, 11) is 0. The topological polar surface area (TPSA) is 326 Å². The van der Waals surface area contributed by atoms with Crippen LogP contribution in [0.5, 0.6) is 0 Å². The minimum absolute atomic E-state index is 0.140. The number of aromatic nitrogens is 12. The molecule has 0 bridgehead atoms. The van der Waals surface area contributed by atoms with Gasteiger partial charge in [0, 0.05) is 32.7 Å². The van der Waals surface area contributed by atoms with Gasteiger partial charge in [0.05, 0.1) is 56.5 Å². The van der Waals surface area contributed by atoms with Gasteiger partial charge in [-0.2, -0.15) is 4.98 Å². The zero-order valence-corrected chi connectivity index (χ0v) is 77.2. The van der Waals surface area contributed by atoms with Crippen LogP contribution in [-0.4, -0.2) is 85.6 Å². The molecule has 1 fully saturated rings. The fourth-order valence-electron chi connectivity index (χ4n) is 17.5. The van der Waals surface area contributed by atoms with Crippen LogP contribution in [0.3, 0.4) is 0 Å². The maximum atomic E-state index is 13.8. The number of hydrogen-bond acceptors (Lipinski definition) is 20. The summed E-state index contributed by atoms with van der Waals surface area (Å²) in [5, 5.41) is 1.44. The van der Waals surface area contributed by atoms with Crippen LogP contribution in [0, 0.1) is 54.3 Å². The van der Waals surface area contributed by atoms with E-state index in [9.17, 15) is 33.2 Å². The molecule has 10 aromatic carbocycles. The number of aromatic amines is 5. The van der Waals surface area contributed by atoms with Gasteiger partial charge in [-0.05, 0) is 270 Å². The van der Waals surface area contributed by atoms with Crippen molar-refractivity contribution in [2.45, 2.75) is 138 Å². The molecule has 1 aliphatic carbocycles. The molecule has 4 aromatic heterocycles. The van der Waals surface area contributed by atoms with E-state index >= 15 is 0 Å². The number of hydrogen-bond donors (Lipinski definition) is 5. The van der Waals surface area contributed by atoms with Gasteiger partial charge in [-0.15, -0.1) is 0 Å². The van der Waals surface area contributed by atoms with Gasteiger partial charge in [0.25, 0.3) is 27.8 Å². The van der Waals surface area contributed by atoms with Crippen LogP contribution in [-0.2, 0) is 38.6 Å². The molecule has 0 unspecified atom stereocenters. The van der Waals surface area contributed by atoms with E-state index in [2.05, 4.69) is 270 Å². The highest BCUT2D eigenvalue weighted by atomic mass is 19.1. The van der Waals surface area contributed by atoms with E-state index in [0.29, 0.717) is 103 Å². The molecule has 684 valence electrons. The molecule has 7 aliphatic rings. The molecular weight excluding hydrogens is 1700 g/mol. The van der Waals surface area contributed by atoms with Crippen molar-refractivity contribution in [2.24, 2.45) is 20.0 Å². The van der Waals surface area contributed by atoms with Crippen LogP contribution in [0.4, 0.5) is 73.2 Å². The fourth-order valence-corrected chi connectivity index (χ4v) is 17.5. The van der Waals surface area contributed by atoms with Crippen molar-refractivity contribution in [3.8, 4) is 11.5 Å². The van der Waals surface area contributed by atoms with Gasteiger partial charge in [-0.1, -0.05) is 178 Å². The Morgan fingerprint density at radius 3 is 1.18 bits per heavy atom. The Morgan fingerprint density at radius 2 is 0.713 bits per heavy atom. The maximum Gasteiger partial charge on any atom is 0.349 e. The molecule has 0 radical (unpaired) electrons. The first kappa shape index (κ1) is 91.7. The van der Waals surface area contributed by atoms with Crippen LogP contribution in [0.15, 0.2) is 267 Å². The van der Waals surface area contributed by atoms with Gasteiger partial charge < -0.3 is 44.1 Å². The lowest BCUT2D eigenvalue weighted by atomic mass is 10.0. The van der Waals surface area contributed by atoms with E-state index in [1.165, 1.54) is 51.8 Å². The van der Waals surface area contributed by atoms with E-state index in [1.54, 1.807) is 19.1 Å². The Morgan fingerprint density at radius 1 is 0.331 bits per heavy atom. The number of rotatable bonds is 21. The second-order valence-electron chi connectivity index (χ2n) is 34.9. The summed E-state index contributed by atoms with van der Waals surface area (Å²) >= 11 is 0. The SMILES string of the molecule is C=c1nc2c(c(=O)[nH]1)=Nc1cc(C)c(C)cc1N2CCCc1ccccc1.C=c1nc2c(c(=O)[nH]1)=Nc1cc(C)c(C3CC3)cc1N2CCCc1ccccc1.C=c1nc2c(c(=O)[nH]1)=Nc1ccc(C)cc1N2CCCc1ccccc1.C=c1nc2c(c(=O)[nH]1)=Nc1ccccc1N2CCCc1ccccc1.Cc1cc2nc3c(=O)[nH]c(=O)nc-3n(CCCc3ccc(C)c(F)c3)c2cc1C. The van der Waals surface area contributed by atoms with Crippen LogP contribution >= 0.6 is 0 Å². The van der Waals surface area contributed by atoms with Crippen molar-refractivity contribution in [2.75, 3.05) is 45.8 Å². The molecule has 0 atom stereocenters.